The largest absolute Gasteiger partial charge is 0.321 e. The molecule has 0 spiro atoms. The van der Waals surface area contributed by atoms with E-state index in [9.17, 15) is 9.59 Å². The molecule has 152 valence electrons. The predicted octanol–water partition coefficient (Wildman–Crippen LogP) is 4.11. The van der Waals surface area contributed by atoms with Crippen molar-refractivity contribution in [1.29, 1.82) is 0 Å². The summed E-state index contributed by atoms with van der Waals surface area (Å²) >= 11 is 0. The number of anilines is 1. The highest BCUT2D eigenvalue weighted by Gasteiger charge is 2.15. The second-order valence-corrected chi connectivity index (χ2v) is 8.67. The number of nitrogens with one attached hydrogen (secondary N) is 1. The lowest BCUT2D eigenvalue weighted by atomic mass is 9.87. The number of aromatic nitrogens is 1. The average molecular weight is 392 g/mol. The molecule has 0 fully saturated rings. The molecule has 3 rings (SSSR count). The molecule has 1 aromatic heterocycles. The predicted molar refractivity (Wildman–Crippen MR) is 120 cm³/mol. The van der Waals surface area contributed by atoms with Crippen LogP contribution in [0, 0.1) is 0 Å². The number of amides is 1. The number of benzene rings is 2. The van der Waals surface area contributed by atoms with E-state index in [4.69, 9.17) is 0 Å². The van der Waals surface area contributed by atoms with E-state index in [2.05, 4.69) is 26.1 Å². The van der Waals surface area contributed by atoms with E-state index in [1.165, 1.54) is 5.56 Å². The summed E-state index contributed by atoms with van der Waals surface area (Å²) in [5, 5.41) is 4.31. The maximum Gasteiger partial charge on any atom is 0.258 e. The summed E-state index contributed by atoms with van der Waals surface area (Å²) in [7, 11) is 3.96. The molecular weight excluding hydrogens is 362 g/mol. The van der Waals surface area contributed by atoms with E-state index in [1.54, 1.807) is 22.9 Å². The van der Waals surface area contributed by atoms with Crippen LogP contribution in [-0.4, -0.2) is 36.0 Å². The Morgan fingerprint density at radius 3 is 2.31 bits per heavy atom. The highest BCUT2D eigenvalue weighted by molar-refractivity contribution is 6.09. The highest BCUT2D eigenvalue weighted by Crippen LogP contribution is 2.24. The lowest BCUT2D eigenvalue weighted by Crippen LogP contribution is -2.26. The number of nitrogens with zero attached hydrogens (tertiary/aromatic N) is 2. The van der Waals surface area contributed by atoms with Gasteiger partial charge in [-0.2, -0.15) is 0 Å². The van der Waals surface area contributed by atoms with Gasteiger partial charge in [0.1, 0.15) is 0 Å². The van der Waals surface area contributed by atoms with Crippen LogP contribution in [0.2, 0.25) is 0 Å². The summed E-state index contributed by atoms with van der Waals surface area (Å²) in [5.74, 6) is -0.185. The van der Waals surface area contributed by atoms with E-state index in [0.29, 0.717) is 23.2 Å². The molecule has 0 aliphatic rings. The number of carbonyl (C=O) groups is 1. The summed E-state index contributed by atoms with van der Waals surface area (Å²) in [6.45, 7) is 7.83. The Balaban J connectivity index is 1.87. The molecule has 29 heavy (non-hydrogen) atoms. The molecule has 0 atom stereocenters. The van der Waals surface area contributed by atoms with Gasteiger partial charge in [-0.15, -0.1) is 0 Å². The van der Waals surface area contributed by atoms with Crippen molar-refractivity contribution < 1.29 is 4.79 Å². The first kappa shape index (κ1) is 20.8. The molecule has 5 nitrogen and oxygen atoms in total. The molecule has 5 heteroatoms. The fourth-order valence-corrected chi connectivity index (χ4v) is 3.23. The molecule has 1 N–H and O–H groups in total. The van der Waals surface area contributed by atoms with Crippen molar-refractivity contribution in [2.45, 2.75) is 32.7 Å². The van der Waals surface area contributed by atoms with Gasteiger partial charge in [0.15, 0.2) is 0 Å². The van der Waals surface area contributed by atoms with Crippen LogP contribution in [0.1, 0.15) is 36.7 Å². The van der Waals surface area contributed by atoms with Gasteiger partial charge >= 0.3 is 0 Å². The second-order valence-electron chi connectivity index (χ2n) is 8.67. The quantitative estimate of drug-likeness (QED) is 0.712. The summed E-state index contributed by atoms with van der Waals surface area (Å²) in [6.07, 6.45) is 1.79. The Bertz CT molecular complexity index is 1070. The van der Waals surface area contributed by atoms with E-state index < -0.39 is 0 Å². The molecule has 0 unspecified atom stereocenters. The summed E-state index contributed by atoms with van der Waals surface area (Å²) in [5.41, 5.74) is 2.41. The minimum atomic E-state index is -0.185. The SMILES string of the molecule is CN(C)CCn1ccc2c(NC(=O)c3ccc(C(C)(C)C)cc3)cccc2c1=O. The van der Waals surface area contributed by atoms with Crippen molar-refractivity contribution in [1.82, 2.24) is 9.47 Å². The highest BCUT2D eigenvalue weighted by atomic mass is 16.1. The zero-order chi connectivity index (χ0) is 21.2. The molecule has 0 aliphatic heterocycles. The third-order valence-electron chi connectivity index (χ3n) is 5.07. The topological polar surface area (TPSA) is 54.3 Å². The van der Waals surface area contributed by atoms with Gasteiger partial charge in [0.25, 0.3) is 11.5 Å². The molecule has 1 amide bonds. The van der Waals surface area contributed by atoms with Gasteiger partial charge in [-0.1, -0.05) is 39.0 Å². The standard InChI is InChI=1S/C24H29N3O2/c1-24(2,3)18-11-9-17(10-12-18)22(28)25-21-8-6-7-20-19(21)13-14-27(23(20)29)16-15-26(4)5/h6-14H,15-16H2,1-5H3,(H,25,28). The third kappa shape index (κ3) is 4.74. The molecule has 1 heterocycles. The van der Waals surface area contributed by atoms with Gasteiger partial charge in [-0.3, -0.25) is 9.59 Å². The lowest BCUT2D eigenvalue weighted by Gasteiger charge is -2.19. The zero-order valence-electron chi connectivity index (χ0n) is 17.8. The molecule has 0 saturated heterocycles. The Morgan fingerprint density at radius 2 is 1.69 bits per heavy atom. The molecule has 2 aromatic carbocycles. The Hall–Kier alpha value is -2.92. The Kier molecular flexibility index (Phi) is 5.89. The van der Waals surface area contributed by atoms with Crippen molar-refractivity contribution in [3.63, 3.8) is 0 Å². The van der Waals surface area contributed by atoms with E-state index in [-0.39, 0.29) is 16.9 Å². The third-order valence-corrected chi connectivity index (χ3v) is 5.07. The van der Waals surface area contributed by atoms with Crippen molar-refractivity contribution in [2.24, 2.45) is 0 Å². The minimum Gasteiger partial charge on any atom is -0.321 e. The number of hydrogen-bond acceptors (Lipinski definition) is 3. The second kappa shape index (κ2) is 8.21. The van der Waals surface area contributed by atoms with Crippen molar-refractivity contribution in [3.8, 4) is 0 Å². The molecule has 0 saturated carbocycles. The number of likely N-dealkylation sites (N-methyl/N-ethyl adjacent to an activating group) is 1. The minimum absolute atomic E-state index is 0.0388. The van der Waals surface area contributed by atoms with E-state index >= 15 is 0 Å². The fourth-order valence-electron chi connectivity index (χ4n) is 3.23. The maximum atomic E-state index is 12.8. The summed E-state index contributed by atoms with van der Waals surface area (Å²) in [6, 6.07) is 15.0. The first-order chi connectivity index (χ1) is 13.7. The number of pyridine rings is 1. The van der Waals surface area contributed by atoms with Gasteiger partial charge in [-0.05, 0) is 55.4 Å². The smallest absolute Gasteiger partial charge is 0.258 e. The average Bonchev–Trinajstić information content (AvgIpc) is 2.67. The number of hydrogen-bond donors (Lipinski definition) is 1. The monoisotopic (exact) mass is 391 g/mol. The van der Waals surface area contributed by atoms with Gasteiger partial charge in [0.2, 0.25) is 0 Å². The van der Waals surface area contributed by atoms with Gasteiger partial charge in [0.05, 0.1) is 0 Å². The van der Waals surface area contributed by atoms with Gasteiger partial charge in [0, 0.05) is 41.3 Å². The Morgan fingerprint density at radius 1 is 1.00 bits per heavy atom. The van der Waals surface area contributed by atoms with Crippen molar-refractivity contribution >= 4 is 22.4 Å². The van der Waals surface area contributed by atoms with Crippen molar-refractivity contribution in [3.05, 3.63) is 76.2 Å². The van der Waals surface area contributed by atoms with Crippen LogP contribution in [0.4, 0.5) is 5.69 Å². The van der Waals surface area contributed by atoms with Crippen LogP contribution in [0.5, 0.6) is 0 Å². The van der Waals surface area contributed by atoms with E-state index in [0.717, 1.165) is 11.9 Å². The van der Waals surface area contributed by atoms with Crippen LogP contribution >= 0.6 is 0 Å². The molecular formula is C24H29N3O2. The number of fused-ring (bicyclic) bond motifs is 1. The molecule has 0 radical (unpaired) electrons. The lowest BCUT2D eigenvalue weighted by molar-refractivity contribution is 0.102. The van der Waals surface area contributed by atoms with Crippen LogP contribution in [0.3, 0.4) is 0 Å². The van der Waals surface area contributed by atoms with Crippen LogP contribution in [0.25, 0.3) is 10.8 Å². The fraction of sp³-hybridized carbons (Fsp3) is 0.333. The van der Waals surface area contributed by atoms with Crippen molar-refractivity contribution in [2.75, 3.05) is 26.0 Å². The number of rotatable bonds is 5. The Labute approximate surface area is 172 Å². The van der Waals surface area contributed by atoms with Gasteiger partial charge < -0.3 is 14.8 Å². The normalized spacial score (nSPS) is 11.8. The van der Waals surface area contributed by atoms with Crippen LogP contribution < -0.4 is 10.9 Å². The molecule has 0 aliphatic carbocycles. The molecule has 0 bridgehead atoms. The molecule has 3 aromatic rings. The summed E-state index contributed by atoms with van der Waals surface area (Å²) in [4.78, 5) is 27.6. The maximum absolute atomic E-state index is 12.8. The van der Waals surface area contributed by atoms with Crippen LogP contribution in [-0.2, 0) is 12.0 Å². The van der Waals surface area contributed by atoms with Gasteiger partial charge in [-0.25, -0.2) is 0 Å². The number of carbonyl (C=O) groups excluding carboxylic acids is 1. The van der Waals surface area contributed by atoms with E-state index in [1.807, 2.05) is 55.4 Å². The first-order valence-corrected chi connectivity index (χ1v) is 9.85. The first-order valence-electron chi connectivity index (χ1n) is 9.85. The zero-order valence-corrected chi connectivity index (χ0v) is 17.8. The van der Waals surface area contributed by atoms with Crippen LogP contribution in [0.15, 0.2) is 59.5 Å². The summed E-state index contributed by atoms with van der Waals surface area (Å²) < 4.78 is 1.71.